The summed E-state index contributed by atoms with van der Waals surface area (Å²) in [6, 6.07) is 33.4. The van der Waals surface area contributed by atoms with E-state index in [0.717, 1.165) is 57.5 Å². The maximum Gasteiger partial charge on any atom is 0.140 e. The zero-order valence-electron chi connectivity index (χ0n) is 22.6. The van der Waals surface area contributed by atoms with Gasteiger partial charge in [-0.25, -0.2) is 4.98 Å². The van der Waals surface area contributed by atoms with E-state index in [9.17, 15) is 5.11 Å². The third-order valence-corrected chi connectivity index (χ3v) is 7.13. The van der Waals surface area contributed by atoms with Gasteiger partial charge in [0, 0.05) is 22.8 Å². The average molecular weight is 502 g/mol. The molecule has 5 aromatic rings. The third-order valence-electron chi connectivity index (χ3n) is 7.13. The minimum atomic E-state index is -0.587. The minimum absolute atomic E-state index is 0.587. The minimum Gasteiger partial charge on any atom is -0.389 e. The second-order valence-corrected chi connectivity index (χ2v) is 10.0. The first kappa shape index (κ1) is 25.5. The molecule has 0 radical (unpaired) electrons. The van der Waals surface area contributed by atoms with Crippen molar-refractivity contribution in [2.75, 3.05) is 0 Å². The number of nitrogens with zero attached hydrogens (tertiary/aromatic N) is 3. The molecule has 38 heavy (non-hydrogen) atoms. The van der Waals surface area contributed by atoms with Gasteiger partial charge >= 0.3 is 0 Å². The summed E-state index contributed by atoms with van der Waals surface area (Å²) in [5.41, 5.74) is 8.85. The van der Waals surface area contributed by atoms with Crippen LogP contribution in [0.25, 0.3) is 17.2 Å². The van der Waals surface area contributed by atoms with Crippen LogP contribution in [0, 0.1) is 27.7 Å². The Kier molecular flexibility index (Phi) is 7.43. The molecule has 0 aliphatic rings. The Morgan fingerprint density at radius 1 is 0.684 bits per heavy atom. The second-order valence-electron chi connectivity index (χ2n) is 10.0. The topological polar surface area (TPSA) is 43.0 Å². The van der Waals surface area contributed by atoms with Gasteiger partial charge < -0.3 is 14.2 Å². The number of hydrogen-bond donors (Lipinski definition) is 1. The highest BCUT2D eigenvalue weighted by atomic mass is 16.3. The summed E-state index contributed by atoms with van der Waals surface area (Å²) in [6.07, 6.45) is 2.88. The van der Waals surface area contributed by atoms with E-state index >= 15 is 0 Å². The zero-order chi connectivity index (χ0) is 26.6. The molecule has 0 amide bonds. The van der Waals surface area contributed by atoms with Gasteiger partial charge in [-0.3, -0.25) is 0 Å². The monoisotopic (exact) mass is 501 g/mol. The zero-order valence-corrected chi connectivity index (χ0v) is 22.6. The van der Waals surface area contributed by atoms with Crippen LogP contribution in [0.5, 0.6) is 0 Å². The van der Waals surface area contributed by atoms with E-state index in [1.54, 1.807) is 0 Å². The summed E-state index contributed by atoms with van der Waals surface area (Å²) in [5.74, 6) is 1.73. The van der Waals surface area contributed by atoms with Crippen LogP contribution < -0.4 is 0 Å². The van der Waals surface area contributed by atoms with Crippen LogP contribution in [0.15, 0.2) is 103 Å². The Balaban J connectivity index is 1.65. The Labute approximate surface area is 225 Å². The maximum absolute atomic E-state index is 11.2. The van der Waals surface area contributed by atoms with Crippen LogP contribution in [0.4, 0.5) is 0 Å². The number of benzene rings is 2. The molecule has 5 rings (SSSR count). The highest BCUT2D eigenvalue weighted by Crippen LogP contribution is 2.29. The van der Waals surface area contributed by atoms with Gasteiger partial charge in [-0.15, -0.1) is 0 Å². The van der Waals surface area contributed by atoms with Gasteiger partial charge in [0.2, 0.25) is 0 Å². The van der Waals surface area contributed by atoms with Crippen molar-refractivity contribution in [3.05, 3.63) is 143 Å². The first-order valence-electron chi connectivity index (χ1n) is 13.2. The summed E-state index contributed by atoms with van der Waals surface area (Å²) in [6.45, 7) is 8.42. The first-order valence-corrected chi connectivity index (χ1v) is 13.2. The SMILES string of the molecule is Cc1ccc(C)n1-c1cc(/C(=C\C(O)CCc2ccccc2)c2ccccc2)cc(-n2c(C)ccc2C)n1. The van der Waals surface area contributed by atoms with Crippen molar-refractivity contribution in [2.24, 2.45) is 0 Å². The van der Waals surface area contributed by atoms with Gasteiger partial charge in [-0.2, -0.15) is 0 Å². The van der Waals surface area contributed by atoms with Crippen molar-refractivity contribution >= 4 is 5.57 Å². The average Bonchev–Trinajstić information content (AvgIpc) is 3.45. The predicted octanol–water partition coefficient (Wildman–Crippen LogP) is 7.32. The van der Waals surface area contributed by atoms with Crippen molar-refractivity contribution in [3.8, 4) is 11.6 Å². The molecule has 1 atom stereocenters. The molecular formula is C34H35N3O. The smallest absolute Gasteiger partial charge is 0.140 e. The third kappa shape index (κ3) is 5.41. The van der Waals surface area contributed by atoms with E-state index in [0.29, 0.717) is 6.42 Å². The lowest BCUT2D eigenvalue weighted by molar-refractivity contribution is 0.213. The fraction of sp³-hybridized carbons (Fsp3) is 0.206. The summed E-state index contributed by atoms with van der Waals surface area (Å²) in [7, 11) is 0. The molecule has 3 heterocycles. The lowest BCUT2D eigenvalue weighted by Crippen LogP contribution is -2.10. The van der Waals surface area contributed by atoms with E-state index < -0.39 is 6.10 Å². The molecule has 0 saturated heterocycles. The summed E-state index contributed by atoms with van der Waals surface area (Å²) in [5, 5.41) is 11.2. The largest absolute Gasteiger partial charge is 0.389 e. The highest BCUT2D eigenvalue weighted by Gasteiger charge is 2.16. The Morgan fingerprint density at radius 3 is 1.66 bits per heavy atom. The number of aliphatic hydroxyl groups is 1. The number of pyridine rings is 1. The van der Waals surface area contributed by atoms with E-state index in [2.05, 4.69) is 97.5 Å². The number of hydrogen-bond acceptors (Lipinski definition) is 2. The normalized spacial score (nSPS) is 12.6. The fourth-order valence-electron chi connectivity index (χ4n) is 5.16. The second kappa shape index (κ2) is 11.1. The number of aromatic nitrogens is 3. The quantitative estimate of drug-likeness (QED) is 0.242. The lowest BCUT2D eigenvalue weighted by atomic mass is 9.95. The fourth-order valence-corrected chi connectivity index (χ4v) is 5.16. The molecule has 0 bridgehead atoms. The van der Waals surface area contributed by atoms with Gasteiger partial charge in [0.25, 0.3) is 0 Å². The van der Waals surface area contributed by atoms with Gasteiger partial charge in [-0.05, 0) is 105 Å². The number of aliphatic hydroxyl groups excluding tert-OH is 1. The van der Waals surface area contributed by atoms with E-state index in [1.165, 1.54) is 5.56 Å². The van der Waals surface area contributed by atoms with Crippen LogP contribution in [0.1, 0.15) is 45.9 Å². The Morgan fingerprint density at radius 2 is 1.16 bits per heavy atom. The highest BCUT2D eigenvalue weighted by molar-refractivity contribution is 5.81. The summed E-state index contributed by atoms with van der Waals surface area (Å²) < 4.78 is 4.38. The van der Waals surface area contributed by atoms with Crippen molar-refractivity contribution < 1.29 is 5.11 Å². The van der Waals surface area contributed by atoms with Gasteiger partial charge in [0.05, 0.1) is 6.10 Å². The van der Waals surface area contributed by atoms with E-state index in [4.69, 9.17) is 4.98 Å². The molecule has 1 unspecified atom stereocenters. The molecule has 0 aliphatic carbocycles. The van der Waals surface area contributed by atoms with E-state index in [1.807, 2.05) is 42.5 Å². The first-order chi connectivity index (χ1) is 18.4. The molecule has 1 N–H and O–H groups in total. The van der Waals surface area contributed by atoms with Crippen LogP contribution in [0.3, 0.4) is 0 Å². The predicted molar refractivity (Wildman–Crippen MR) is 156 cm³/mol. The molecule has 4 nitrogen and oxygen atoms in total. The van der Waals surface area contributed by atoms with Crippen LogP contribution in [0.2, 0.25) is 0 Å². The molecule has 192 valence electrons. The standard InChI is InChI=1S/C34H35N3O/c1-24-15-16-25(2)36(24)33-21-30(22-34(35-33)37-26(3)17-18-27(37)4)32(29-13-9-6-10-14-29)23-31(38)20-19-28-11-7-5-8-12-28/h5-18,21-23,31,38H,19-20H2,1-4H3/b32-23-. The van der Waals surface area contributed by atoms with Crippen molar-refractivity contribution in [1.82, 2.24) is 14.1 Å². The van der Waals surface area contributed by atoms with Crippen molar-refractivity contribution in [1.29, 1.82) is 0 Å². The number of rotatable bonds is 8. The van der Waals surface area contributed by atoms with Gasteiger partial charge in [-0.1, -0.05) is 60.7 Å². The maximum atomic E-state index is 11.2. The van der Waals surface area contributed by atoms with Crippen LogP contribution in [-0.4, -0.2) is 25.3 Å². The van der Waals surface area contributed by atoms with E-state index in [-0.39, 0.29) is 0 Å². The molecule has 2 aromatic carbocycles. The summed E-state index contributed by atoms with van der Waals surface area (Å²) in [4.78, 5) is 5.13. The number of aryl methyl sites for hydroxylation is 5. The van der Waals surface area contributed by atoms with Gasteiger partial charge in [0.15, 0.2) is 0 Å². The molecule has 0 saturated carbocycles. The molecule has 0 aliphatic heterocycles. The molecule has 0 spiro atoms. The Hall–Kier alpha value is -4.15. The molecule has 4 heteroatoms. The van der Waals surface area contributed by atoms with Crippen molar-refractivity contribution in [2.45, 2.75) is 46.6 Å². The van der Waals surface area contributed by atoms with Gasteiger partial charge in [0.1, 0.15) is 11.6 Å². The van der Waals surface area contributed by atoms with Crippen LogP contribution >= 0.6 is 0 Å². The Bertz CT molecular complexity index is 1450. The molecular weight excluding hydrogens is 466 g/mol. The van der Waals surface area contributed by atoms with Crippen LogP contribution in [-0.2, 0) is 6.42 Å². The summed E-state index contributed by atoms with van der Waals surface area (Å²) >= 11 is 0. The molecule has 3 aromatic heterocycles. The molecule has 0 fully saturated rings. The lowest BCUT2D eigenvalue weighted by Gasteiger charge is -2.18. The van der Waals surface area contributed by atoms with Crippen molar-refractivity contribution in [3.63, 3.8) is 0 Å².